The van der Waals surface area contributed by atoms with Crippen LogP contribution >= 0.6 is 0 Å². The van der Waals surface area contributed by atoms with Crippen LogP contribution < -0.4 is 5.32 Å². The monoisotopic (exact) mass is 263 g/mol. The number of anilines is 1. The van der Waals surface area contributed by atoms with E-state index >= 15 is 0 Å². The molecule has 1 aromatic carbocycles. The van der Waals surface area contributed by atoms with Gasteiger partial charge in [-0.05, 0) is 43.5 Å². The summed E-state index contributed by atoms with van der Waals surface area (Å²) < 4.78 is 4.89. The second kappa shape index (κ2) is 4.66. The number of amides is 1. The van der Waals surface area contributed by atoms with Gasteiger partial charge in [0.2, 0.25) is 5.91 Å². The minimum absolute atomic E-state index is 0.0714. The molecule has 1 aromatic rings. The number of aryl methyl sites for hydroxylation is 1. The highest BCUT2D eigenvalue weighted by molar-refractivity contribution is 6.09. The molecule has 1 amide bonds. The van der Waals surface area contributed by atoms with Crippen molar-refractivity contribution < 1.29 is 19.4 Å². The van der Waals surface area contributed by atoms with Crippen molar-refractivity contribution in [3.05, 3.63) is 28.8 Å². The molecule has 0 saturated carbocycles. The van der Waals surface area contributed by atoms with Gasteiger partial charge in [-0.25, -0.2) is 0 Å². The van der Waals surface area contributed by atoms with Crippen LogP contribution in [0.3, 0.4) is 0 Å². The summed E-state index contributed by atoms with van der Waals surface area (Å²) in [6.07, 6.45) is 0. The first-order valence-electron chi connectivity index (χ1n) is 6.08. The van der Waals surface area contributed by atoms with Crippen LogP contribution in [0.4, 0.5) is 5.69 Å². The quantitative estimate of drug-likeness (QED) is 0.813. The highest BCUT2D eigenvalue weighted by Gasteiger charge is 2.53. The summed E-state index contributed by atoms with van der Waals surface area (Å²) >= 11 is 0. The third kappa shape index (κ3) is 2.10. The van der Waals surface area contributed by atoms with E-state index in [4.69, 9.17) is 9.84 Å². The lowest BCUT2D eigenvalue weighted by Gasteiger charge is -2.35. The number of hydrogen-bond donors (Lipinski definition) is 2. The predicted octanol–water partition coefficient (Wildman–Crippen LogP) is 1.65. The number of carbonyl (C=O) groups excluding carboxylic acids is 1. The Morgan fingerprint density at radius 3 is 2.32 bits per heavy atom. The van der Waals surface area contributed by atoms with Crippen molar-refractivity contribution in [2.45, 2.75) is 20.8 Å². The Bertz CT molecular complexity index is 547. The van der Waals surface area contributed by atoms with E-state index < -0.39 is 17.3 Å². The maximum Gasteiger partial charge on any atom is 0.324 e. The summed E-state index contributed by atoms with van der Waals surface area (Å²) in [7, 11) is 0. The molecule has 19 heavy (non-hydrogen) atoms. The lowest BCUT2D eigenvalue weighted by atomic mass is 9.85. The molecule has 1 fully saturated rings. The van der Waals surface area contributed by atoms with Crippen molar-refractivity contribution in [3.8, 4) is 0 Å². The van der Waals surface area contributed by atoms with Gasteiger partial charge in [-0.3, -0.25) is 9.59 Å². The SMILES string of the molecule is Cc1ccc(NC(=O)C2(C(=O)O)COC2)c(C)c1C. The van der Waals surface area contributed by atoms with Crippen LogP contribution in [0.2, 0.25) is 0 Å². The minimum atomic E-state index is -1.44. The molecular formula is C14H17NO4. The summed E-state index contributed by atoms with van der Waals surface area (Å²) in [5, 5.41) is 11.9. The number of carboxylic acids is 1. The zero-order valence-electron chi connectivity index (χ0n) is 11.2. The molecule has 1 aliphatic rings. The van der Waals surface area contributed by atoms with E-state index in [1.54, 1.807) is 6.07 Å². The zero-order valence-corrected chi connectivity index (χ0v) is 11.2. The van der Waals surface area contributed by atoms with Crippen molar-refractivity contribution >= 4 is 17.6 Å². The fraction of sp³-hybridized carbons (Fsp3) is 0.429. The van der Waals surface area contributed by atoms with Crippen LogP contribution in [0, 0.1) is 26.2 Å². The average Bonchev–Trinajstić information content (AvgIpc) is 2.28. The highest BCUT2D eigenvalue weighted by Crippen LogP contribution is 2.31. The van der Waals surface area contributed by atoms with E-state index in [-0.39, 0.29) is 13.2 Å². The summed E-state index contributed by atoms with van der Waals surface area (Å²) in [5.74, 6) is -1.66. The second-order valence-corrected chi connectivity index (χ2v) is 5.01. The average molecular weight is 263 g/mol. The van der Waals surface area contributed by atoms with Crippen molar-refractivity contribution in [1.29, 1.82) is 0 Å². The maximum absolute atomic E-state index is 12.1. The molecule has 0 atom stereocenters. The lowest BCUT2D eigenvalue weighted by Crippen LogP contribution is -2.57. The Kier molecular flexibility index (Phi) is 3.32. The number of aliphatic carboxylic acids is 1. The molecule has 5 heteroatoms. The van der Waals surface area contributed by atoms with E-state index in [9.17, 15) is 9.59 Å². The molecule has 1 heterocycles. The van der Waals surface area contributed by atoms with Crippen molar-refractivity contribution in [3.63, 3.8) is 0 Å². The molecule has 0 spiro atoms. The van der Waals surface area contributed by atoms with Crippen LogP contribution in [0.5, 0.6) is 0 Å². The van der Waals surface area contributed by atoms with E-state index in [1.807, 2.05) is 26.8 Å². The van der Waals surface area contributed by atoms with E-state index in [0.29, 0.717) is 5.69 Å². The van der Waals surface area contributed by atoms with Gasteiger partial charge in [0.1, 0.15) is 0 Å². The van der Waals surface area contributed by atoms with Gasteiger partial charge in [0, 0.05) is 5.69 Å². The number of benzene rings is 1. The normalized spacial score (nSPS) is 16.6. The Balaban J connectivity index is 2.25. The smallest absolute Gasteiger partial charge is 0.324 e. The van der Waals surface area contributed by atoms with Gasteiger partial charge < -0.3 is 15.2 Å². The van der Waals surface area contributed by atoms with Crippen molar-refractivity contribution in [2.75, 3.05) is 18.5 Å². The van der Waals surface area contributed by atoms with Gasteiger partial charge >= 0.3 is 5.97 Å². The Morgan fingerprint density at radius 1 is 1.21 bits per heavy atom. The molecule has 2 N–H and O–H groups in total. The topological polar surface area (TPSA) is 75.6 Å². The molecule has 2 rings (SSSR count). The predicted molar refractivity (Wildman–Crippen MR) is 70.2 cm³/mol. The number of carbonyl (C=O) groups is 2. The Morgan fingerprint density at radius 2 is 1.84 bits per heavy atom. The maximum atomic E-state index is 12.1. The minimum Gasteiger partial charge on any atom is -0.480 e. The number of ether oxygens (including phenoxy) is 1. The van der Waals surface area contributed by atoms with E-state index in [2.05, 4.69) is 5.32 Å². The third-order valence-corrected chi connectivity index (χ3v) is 3.85. The molecule has 0 unspecified atom stereocenters. The number of hydrogen-bond acceptors (Lipinski definition) is 3. The fourth-order valence-electron chi connectivity index (χ4n) is 1.99. The molecular weight excluding hydrogens is 246 g/mol. The van der Waals surface area contributed by atoms with Crippen LogP contribution in [0.25, 0.3) is 0 Å². The Labute approximate surface area is 111 Å². The van der Waals surface area contributed by atoms with Gasteiger partial charge in [-0.1, -0.05) is 6.07 Å². The highest BCUT2D eigenvalue weighted by atomic mass is 16.5. The van der Waals surface area contributed by atoms with Gasteiger partial charge in [-0.15, -0.1) is 0 Å². The van der Waals surface area contributed by atoms with Crippen LogP contribution in [-0.2, 0) is 14.3 Å². The van der Waals surface area contributed by atoms with Crippen molar-refractivity contribution in [1.82, 2.24) is 0 Å². The zero-order chi connectivity index (χ0) is 14.2. The van der Waals surface area contributed by atoms with Gasteiger partial charge in [-0.2, -0.15) is 0 Å². The number of carboxylic acid groups (broad SMARTS) is 1. The molecule has 0 bridgehead atoms. The van der Waals surface area contributed by atoms with E-state index in [0.717, 1.165) is 16.7 Å². The number of rotatable bonds is 3. The Hall–Kier alpha value is -1.88. The summed E-state index contributed by atoms with van der Waals surface area (Å²) in [4.78, 5) is 23.3. The van der Waals surface area contributed by atoms with Crippen LogP contribution in [-0.4, -0.2) is 30.2 Å². The lowest BCUT2D eigenvalue weighted by molar-refractivity contribution is -0.182. The molecule has 102 valence electrons. The second-order valence-electron chi connectivity index (χ2n) is 5.01. The van der Waals surface area contributed by atoms with Crippen LogP contribution in [0.1, 0.15) is 16.7 Å². The van der Waals surface area contributed by atoms with Gasteiger partial charge in [0.15, 0.2) is 5.41 Å². The summed E-state index contributed by atoms with van der Waals surface area (Å²) in [6, 6.07) is 3.70. The molecule has 5 nitrogen and oxygen atoms in total. The molecule has 1 saturated heterocycles. The van der Waals surface area contributed by atoms with Gasteiger partial charge in [0.25, 0.3) is 0 Å². The van der Waals surface area contributed by atoms with E-state index in [1.165, 1.54) is 0 Å². The largest absolute Gasteiger partial charge is 0.480 e. The molecule has 1 aliphatic heterocycles. The molecule has 0 aromatic heterocycles. The standard InChI is InChI=1S/C14H17NO4/c1-8-4-5-11(10(3)9(8)2)15-12(16)14(13(17)18)6-19-7-14/h4-5H,6-7H2,1-3H3,(H,15,16)(H,17,18). The summed E-state index contributed by atoms with van der Waals surface area (Å²) in [6.45, 7) is 5.73. The summed E-state index contributed by atoms with van der Waals surface area (Å²) in [5.41, 5.74) is 2.39. The van der Waals surface area contributed by atoms with Crippen LogP contribution in [0.15, 0.2) is 12.1 Å². The molecule has 0 aliphatic carbocycles. The fourth-order valence-corrected chi connectivity index (χ4v) is 1.99. The first-order valence-corrected chi connectivity index (χ1v) is 6.08. The number of nitrogens with one attached hydrogen (secondary N) is 1. The third-order valence-electron chi connectivity index (χ3n) is 3.85. The first kappa shape index (κ1) is 13.5. The first-order chi connectivity index (χ1) is 8.88. The molecule has 0 radical (unpaired) electrons. The van der Waals surface area contributed by atoms with Gasteiger partial charge in [0.05, 0.1) is 13.2 Å². The van der Waals surface area contributed by atoms with Crippen molar-refractivity contribution in [2.24, 2.45) is 5.41 Å².